The van der Waals surface area contributed by atoms with E-state index in [2.05, 4.69) is 33.2 Å². The van der Waals surface area contributed by atoms with Crippen LogP contribution in [0.15, 0.2) is 22.7 Å². The maximum atomic E-state index is 5.79. The molecule has 0 radical (unpaired) electrons. The molecule has 3 rings (SSSR count). The van der Waals surface area contributed by atoms with Crippen LogP contribution < -0.4 is 0 Å². The van der Waals surface area contributed by atoms with Gasteiger partial charge in [-0.05, 0) is 43.0 Å². The predicted molar refractivity (Wildman–Crippen MR) is 83.7 cm³/mol. The Morgan fingerprint density at radius 3 is 2.76 bits per heavy atom. The second kappa shape index (κ2) is 6.58. The molecular weight excluding hydrogens is 286 g/mol. The van der Waals surface area contributed by atoms with E-state index in [9.17, 15) is 0 Å². The van der Waals surface area contributed by atoms with Gasteiger partial charge >= 0.3 is 0 Å². The van der Waals surface area contributed by atoms with Crippen molar-refractivity contribution in [1.29, 1.82) is 0 Å². The van der Waals surface area contributed by atoms with Crippen LogP contribution in [0.1, 0.15) is 23.4 Å². The summed E-state index contributed by atoms with van der Waals surface area (Å²) in [5.74, 6) is 2.02. The Bertz CT molecular complexity index is 611. The highest BCUT2D eigenvalue weighted by Gasteiger charge is 2.15. The van der Waals surface area contributed by atoms with Crippen LogP contribution >= 0.6 is 11.6 Å². The lowest BCUT2D eigenvalue weighted by Crippen LogP contribution is -2.27. The standard InChI is InChI=1S/C16H20ClN3O/c1-12-18-16(19-21-12)15-4-3-13-5-9-20(8-2-7-17)10-6-14(13)11-15/h3-4,11H,2,5-10H2,1H3. The van der Waals surface area contributed by atoms with Crippen LogP contribution in [-0.2, 0) is 12.8 Å². The predicted octanol–water partition coefficient (Wildman–Crippen LogP) is 3.07. The highest BCUT2D eigenvalue weighted by molar-refractivity contribution is 6.17. The van der Waals surface area contributed by atoms with Crippen molar-refractivity contribution >= 4 is 11.6 Å². The number of hydrogen-bond acceptors (Lipinski definition) is 4. The first kappa shape index (κ1) is 14.5. The number of aromatic nitrogens is 2. The Hall–Kier alpha value is -1.39. The first-order chi connectivity index (χ1) is 10.3. The molecule has 2 heterocycles. The number of nitrogens with zero attached hydrogens (tertiary/aromatic N) is 3. The van der Waals surface area contributed by atoms with Crippen molar-refractivity contribution in [3.05, 3.63) is 35.2 Å². The summed E-state index contributed by atoms with van der Waals surface area (Å²) in [7, 11) is 0. The van der Waals surface area contributed by atoms with Crippen LogP contribution in [0.4, 0.5) is 0 Å². The molecule has 0 fully saturated rings. The fraction of sp³-hybridized carbons (Fsp3) is 0.500. The van der Waals surface area contributed by atoms with Gasteiger partial charge in [-0.1, -0.05) is 17.3 Å². The fourth-order valence-corrected chi connectivity index (χ4v) is 2.95. The summed E-state index contributed by atoms with van der Waals surface area (Å²) in [6.07, 6.45) is 3.23. The zero-order chi connectivity index (χ0) is 14.7. The largest absolute Gasteiger partial charge is 0.339 e. The fourth-order valence-electron chi connectivity index (χ4n) is 2.83. The van der Waals surface area contributed by atoms with Gasteiger partial charge in [-0.2, -0.15) is 4.98 Å². The Labute approximate surface area is 130 Å². The highest BCUT2D eigenvalue weighted by atomic mass is 35.5. The minimum atomic E-state index is 0.604. The molecule has 0 saturated carbocycles. The van der Waals surface area contributed by atoms with Gasteiger partial charge in [0, 0.05) is 31.5 Å². The first-order valence-corrected chi connectivity index (χ1v) is 8.00. The average molecular weight is 306 g/mol. The lowest BCUT2D eigenvalue weighted by Gasteiger charge is -2.18. The average Bonchev–Trinajstić information content (AvgIpc) is 2.83. The zero-order valence-electron chi connectivity index (χ0n) is 12.3. The van der Waals surface area contributed by atoms with Gasteiger partial charge in [0.15, 0.2) is 0 Å². The molecule has 0 spiro atoms. The van der Waals surface area contributed by atoms with Crippen molar-refractivity contribution in [3.8, 4) is 11.4 Å². The van der Waals surface area contributed by atoms with E-state index in [4.69, 9.17) is 16.1 Å². The zero-order valence-corrected chi connectivity index (χ0v) is 13.1. The number of benzene rings is 1. The Balaban J connectivity index is 1.77. The van der Waals surface area contributed by atoms with E-state index < -0.39 is 0 Å². The van der Waals surface area contributed by atoms with Gasteiger partial charge < -0.3 is 9.42 Å². The van der Waals surface area contributed by atoms with Gasteiger partial charge in [0.05, 0.1) is 0 Å². The molecule has 112 valence electrons. The maximum Gasteiger partial charge on any atom is 0.223 e. The number of rotatable bonds is 4. The molecular formula is C16H20ClN3O. The van der Waals surface area contributed by atoms with E-state index in [-0.39, 0.29) is 0 Å². The Kier molecular flexibility index (Phi) is 4.56. The molecule has 4 nitrogen and oxygen atoms in total. The van der Waals surface area contributed by atoms with E-state index in [1.165, 1.54) is 11.1 Å². The molecule has 1 aliphatic heterocycles. The van der Waals surface area contributed by atoms with Crippen LogP contribution in [0.5, 0.6) is 0 Å². The summed E-state index contributed by atoms with van der Waals surface area (Å²) in [4.78, 5) is 6.81. The van der Waals surface area contributed by atoms with E-state index in [0.29, 0.717) is 11.7 Å². The molecule has 2 aromatic rings. The Morgan fingerprint density at radius 2 is 2.05 bits per heavy atom. The molecule has 0 atom stereocenters. The molecule has 0 N–H and O–H groups in total. The summed E-state index contributed by atoms with van der Waals surface area (Å²) >= 11 is 5.79. The smallest absolute Gasteiger partial charge is 0.223 e. The number of fused-ring (bicyclic) bond motifs is 1. The van der Waals surface area contributed by atoms with Gasteiger partial charge in [0.1, 0.15) is 0 Å². The van der Waals surface area contributed by atoms with Gasteiger partial charge in [-0.3, -0.25) is 0 Å². The van der Waals surface area contributed by atoms with Crippen LogP contribution in [0, 0.1) is 6.92 Å². The maximum absolute atomic E-state index is 5.79. The molecule has 0 amide bonds. The SMILES string of the molecule is Cc1nc(-c2ccc3c(c2)CCN(CCCCl)CC3)no1. The molecule has 1 aromatic carbocycles. The van der Waals surface area contributed by atoms with Crippen molar-refractivity contribution in [1.82, 2.24) is 15.0 Å². The van der Waals surface area contributed by atoms with Gasteiger partial charge in [-0.25, -0.2) is 0 Å². The van der Waals surface area contributed by atoms with Crippen LogP contribution in [-0.4, -0.2) is 40.6 Å². The van der Waals surface area contributed by atoms with Gasteiger partial charge in [-0.15, -0.1) is 11.6 Å². The number of hydrogen-bond donors (Lipinski definition) is 0. The monoisotopic (exact) mass is 305 g/mol. The van der Waals surface area contributed by atoms with Gasteiger partial charge in [0.2, 0.25) is 11.7 Å². The molecule has 0 unspecified atom stereocenters. The van der Waals surface area contributed by atoms with E-state index >= 15 is 0 Å². The number of alkyl halides is 1. The van der Waals surface area contributed by atoms with Crippen molar-refractivity contribution in [3.63, 3.8) is 0 Å². The first-order valence-electron chi connectivity index (χ1n) is 7.47. The van der Waals surface area contributed by atoms with Crippen LogP contribution in [0.2, 0.25) is 0 Å². The molecule has 21 heavy (non-hydrogen) atoms. The third-order valence-electron chi connectivity index (χ3n) is 3.99. The molecule has 0 bridgehead atoms. The quantitative estimate of drug-likeness (QED) is 0.814. The summed E-state index contributed by atoms with van der Waals surface area (Å²) in [6, 6.07) is 6.52. The third-order valence-corrected chi connectivity index (χ3v) is 4.26. The number of halogens is 1. The lowest BCUT2D eigenvalue weighted by molar-refractivity contribution is 0.289. The molecule has 1 aromatic heterocycles. The highest BCUT2D eigenvalue weighted by Crippen LogP contribution is 2.23. The van der Waals surface area contributed by atoms with Gasteiger partial charge in [0.25, 0.3) is 0 Å². The normalized spacial score (nSPS) is 15.7. The third kappa shape index (κ3) is 3.44. The van der Waals surface area contributed by atoms with Crippen LogP contribution in [0.25, 0.3) is 11.4 Å². The summed E-state index contributed by atoms with van der Waals surface area (Å²) in [6.45, 7) is 5.12. The summed E-state index contributed by atoms with van der Waals surface area (Å²) in [5, 5.41) is 4.00. The number of aryl methyl sites for hydroxylation is 1. The van der Waals surface area contributed by atoms with E-state index in [1.54, 1.807) is 0 Å². The molecule has 1 aliphatic rings. The lowest BCUT2D eigenvalue weighted by atomic mass is 10.00. The second-order valence-corrected chi connectivity index (χ2v) is 5.88. The minimum Gasteiger partial charge on any atom is -0.339 e. The van der Waals surface area contributed by atoms with Crippen molar-refractivity contribution < 1.29 is 4.52 Å². The summed E-state index contributed by atoms with van der Waals surface area (Å²) in [5.41, 5.74) is 3.88. The summed E-state index contributed by atoms with van der Waals surface area (Å²) < 4.78 is 5.07. The molecule has 5 heteroatoms. The minimum absolute atomic E-state index is 0.604. The molecule has 0 saturated heterocycles. The van der Waals surface area contributed by atoms with Crippen molar-refractivity contribution in [2.75, 3.05) is 25.5 Å². The topological polar surface area (TPSA) is 42.2 Å². The van der Waals surface area contributed by atoms with Crippen molar-refractivity contribution in [2.45, 2.75) is 26.2 Å². The Morgan fingerprint density at radius 1 is 1.24 bits per heavy atom. The second-order valence-electron chi connectivity index (χ2n) is 5.50. The van der Waals surface area contributed by atoms with Crippen molar-refractivity contribution in [2.24, 2.45) is 0 Å². The molecule has 0 aliphatic carbocycles. The van der Waals surface area contributed by atoms with Crippen LogP contribution in [0.3, 0.4) is 0 Å². The van der Waals surface area contributed by atoms with E-state index in [1.807, 2.05) is 6.92 Å². The van der Waals surface area contributed by atoms with E-state index in [0.717, 1.165) is 50.3 Å².